The zero-order valence-electron chi connectivity index (χ0n) is 10.3. The Hall–Kier alpha value is -2.01. The molecule has 94 valence electrons. The van der Waals surface area contributed by atoms with Gasteiger partial charge in [-0.1, -0.05) is 6.07 Å². The van der Waals surface area contributed by atoms with E-state index in [0.717, 1.165) is 16.8 Å². The van der Waals surface area contributed by atoms with Crippen molar-refractivity contribution in [1.29, 1.82) is 0 Å². The summed E-state index contributed by atoms with van der Waals surface area (Å²) in [6.07, 6.45) is 1.59. The van der Waals surface area contributed by atoms with Gasteiger partial charge in [0.15, 0.2) is 11.6 Å². The van der Waals surface area contributed by atoms with E-state index in [4.69, 9.17) is 10.5 Å². The van der Waals surface area contributed by atoms with E-state index in [0.29, 0.717) is 6.54 Å². The molecule has 0 spiro atoms. The number of aryl methyl sites for hydroxylation is 2. The molecule has 0 atom stereocenters. The molecule has 0 bridgehead atoms. The molecule has 0 fully saturated rings. The number of nitrogens with zero attached hydrogens (tertiary/aromatic N) is 2. The highest BCUT2D eigenvalue weighted by atomic mass is 19.1. The maximum atomic E-state index is 13.5. The number of rotatable bonds is 3. The van der Waals surface area contributed by atoms with Crippen LogP contribution in [0.5, 0.6) is 11.8 Å². The molecule has 5 heteroatoms. The number of hydrogen-bond acceptors (Lipinski definition) is 4. The summed E-state index contributed by atoms with van der Waals surface area (Å²) in [5.41, 5.74) is 7.99. The second kappa shape index (κ2) is 5.10. The Labute approximate surface area is 105 Å². The van der Waals surface area contributed by atoms with Crippen LogP contribution in [-0.4, -0.2) is 9.97 Å². The molecule has 0 saturated heterocycles. The van der Waals surface area contributed by atoms with Gasteiger partial charge in [-0.3, -0.25) is 0 Å². The summed E-state index contributed by atoms with van der Waals surface area (Å²) in [5.74, 6) is -0.320. The molecule has 1 aromatic carbocycles. The minimum atomic E-state index is -0.440. The molecule has 0 aliphatic carbocycles. The molecule has 0 saturated carbocycles. The summed E-state index contributed by atoms with van der Waals surface area (Å²) >= 11 is 0. The van der Waals surface area contributed by atoms with Gasteiger partial charge >= 0.3 is 6.01 Å². The fraction of sp³-hybridized carbons (Fsp3) is 0.231. The third-order valence-corrected chi connectivity index (χ3v) is 2.57. The number of aromatic nitrogens is 2. The van der Waals surface area contributed by atoms with E-state index in [1.54, 1.807) is 18.3 Å². The maximum absolute atomic E-state index is 13.5. The maximum Gasteiger partial charge on any atom is 0.322 e. The quantitative estimate of drug-likeness (QED) is 0.905. The molecular formula is C13H14FN3O. The van der Waals surface area contributed by atoms with Crippen molar-refractivity contribution in [2.45, 2.75) is 20.4 Å². The van der Waals surface area contributed by atoms with Crippen LogP contribution in [0.1, 0.15) is 16.8 Å². The van der Waals surface area contributed by atoms with Crippen LogP contribution < -0.4 is 10.5 Å². The van der Waals surface area contributed by atoms with Crippen molar-refractivity contribution in [2.75, 3.05) is 0 Å². The van der Waals surface area contributed by atoms with Gasteiger partial charge in [-0.25, -0.2) is 9.37 Å². The first-order valence-corrected chi connectivity index (χ1v) is 5.56. The highest BCUT2D eigenvalue weighted by Crippen LogP contribution is 2.23. The van der Waals surface area contributed by atoms with E-state index in [9.17, 15) is 4.39 Å². The Kier molecular flexibility index (Phi) is 3.53. The highest BCUT2D eigenvalue weighted by molar-refractivity contribution is 5.31. The van der Waals surface area contributed by atoms with Crippen LogP contribution in [-0.2, 0) is 6.54 Å². The topological polar surface area (TPSA) is 61.0 Å². The van der Waals surface area contributed by atoms with Gasteiger partial charge in [0.2, 0.25) is 0 Å². The predicted octanol–water partition coefficient (Wildman–Crippen LogP) is 2.48. The molecule has 0 unspecified atom stereocenters. The average Bonchev–Trinajstić information content (AvgIpc) is 2.34. The fourth-order valence-electron chi connectivity index (χ4n) is 1.51. The van der Waals surface area contributed by atoms with Crippen LogP contribution >= 0.6 is 0 Å². The standard InChI is InChI=1S/C13H14FN3O/c1-8-3-4-11(14)12(5-8)18-13-16-7-10(6-15)9(2)17-13/h3-5,7H,6,15H2,1-2H3. The van der Waals surface area contributed by atoms with Gasteiger partial charge in [0.05, 0.1) is 0 Å². The van der Waals surface area contributed by atoms with Gasteiger partial charge in [-0.2, -0.15) is 4.98 Å². The zero-order valence-corrected chi connectivity index (χ0v) is 10.3. The minimum Gasteiger partial charge on any atom is -0.421 e. The minimum absolute atomic E-state index is 0.120. The Balaban J connectivity index is 2.28. The molecule has 0 aliphatic heterocycles. The smallest absolute Gasteiger partial charge is 0.322 e. The third-order valence-electron chi connectivity index (χ3n) is 2.57. The van der Waals surface area contributed by atoms with Gasteiger partial charge < -0.3 is 10.5 Å². The number of benzene rings is 1. The molecule has 2 rings (SSSR count). The van der Waals surface area contributed by atoms with E-state index in [1.165, 1.54) is 6.07 Å². The molecule has 0 amide bonds. The van der Waals surface area contributed by atoms with Gasteiger partial charge in [-0.15, -0.1) is 0 Å². The lowest BCUT2D eigenvalue weighted by Gasteiger charge is -2.07. The van der Waals surface area contributed by atoms with Gasteiger partial charge in [-0.05, 0) is 31.5 Å². The molecule has 2 aromatic rings. The molecule has 1 aromatic heterocycles. The van der Waals surface area contributed by atoms with Crippen LogP contribution in [0.4, 0.5) is 4.39 Å². The van der Waals surface area contributed by atoms with E-state index < -0.39 is 5.82 Å². The van der Waals surface area contributed by atoms with Crippen LogP contribution in [0.25, 0.3) is 0 Å². The van der Waals surface area contributed by atoms with Crippen molar-refractivity contribution in [2.24, 2.45) is 5.73 Å². The molecule has 4 nitrogen and oxygen atoms in total. The number of nitrogens with two attached hydrogens (primary N) is 1. The highest BCUT2D eigenvalue weighted by Gasteiger charge is 2.08. The Morgan fingerprint density at radius 2 is 2.11 bits per heavy atom. The summed E-state index contributed by atoms with van der Waals surface area (Å²) in [4.78, 5) is 8.13. The monoisotopic (exact) mass is 247 g/mol. The number of hydrogen-bond donors (Lipinski definition) is 1. The lowest BCUT2D eigenvalue weighted by atomic mass is 10.2. The van der Waals surface area contributed by atoms with E-state index >= 15 is 0 Å². The molecule has 2 N–H and O–H groups in total. The average molecular weight is 247 g/mol. The predicted molar refractivity (Wildman–Crippen MR) is 65.9 cm³/mol. The van der Waals surface area contributed by atoms with Gasteiger partial charge in [0.1, 0.15) is 0 Å². The van der Waals surface area contributed by atoms with E-state index in [-0.39, 0.29) is 11.8 Å². The van der Waals surface area contributed by atoms with Crippen LogP contribution in [0.2, 0.25) is 0 Å². The third kappa shape index (κ3) is 2.62. The number of halogens is 1. The van der Waals surface area contributed by atoms with E-state index in [1.807, 2.05) is 13.8 Å². The first-order chi connectivity index (χ1) is 8.60. The first kappa shape index (κ1) is 12.4. The second-order valence-corrected chi connectivity index (χ2v) is 4.00. The van der Waals surface area contributed by atoms with Crippen LogP contribution in [0, 0.1) is 19.7 Å². The normalized spacial score (nSPS) is 10.4. The number of ether oxygens (including phenoxy) is 1. The molecule has 1 heterocycles. The summed E-state index contributed by atoms with van der Waals surface area (Å²) in [6.45, 7) is 4.03. The van der Waals surface area contributed by atoms with Crippen molar-refractivity contribution in [1.82, 2.24) is 9.97 Å². The van der Waals surface area contributed by atoms with Crippen LogP contribution in [0.3, 0.4) is 0 Å². The van der Waals surface area contributed by atoms with Crippen molar-refractivity contribution < 1.29 is 9.13 Å². The first-order valence-electron chi connectivity index (χ1n) is 5.56. The van der Waals surface area contributed by atoms with Gasteiger partial charge in [0.25, 0.3) is 0 Å². The van der Waals surface area contributed by atoms with Crippen molar-refractivity contribution in [3.63, 3.8) is 0 Å². The Morgan fingerprint density at radius 1 is 1.33 bits per heavy atom. The summed E-state index contributed by atoms with van der Waals surface area (Å²) in [7, 11) is 0. The summed E-state index contributed by atoms with van der Waals surface area (Å²) in [6, 6.07) is 4.75. The second-order valence-electron chi connectivity index (χ2n) is 4.00. The summed E-state index contributed by atoms with van der Waals surface area (Å²) < 4.78 is 18.8. The Morgan fingerprint density at radius 3 is 2.78 bits per heavy atom. The molecule has 0 aliphatic rings. The molecule has 0 radical (unpaired) electrons. The molecular weight excluding hydrogens is 233 g/mol. The SMILES string of the molecule is Cc1ccc(F)c(Oc2ncc(CN)c(C)n2)c1. The molecule has 18 heavy (non-hydrogen) atoms. The van der Waals surface area contributed by atoms with Crippen molar-refractivity contribution in [3.05, 3.63) is 47.0 Å². The zero-order chi connectivity index (χ0) is 13.1. The Bertz CT molecular complexity index is 572. The van der Waals surface area contributed by atoms with Crippen molar-refractivity contribution >= 4 is 0 Å². The lowest BCUT2D eigenvalue weighted by molar-refractivity contribution is 0.409. The fourth-order valence-corrected chi connectivity index (χ4v) is 1.51. The van der Waals surface area contributed by atoms with E-state index in [2.05, 4.69) is 9.97 Å². The van der Waals surface area contributed by atoms with Crippen LogP contribution in [0.15, 0.2) is 24.4 Å². The van der Waals surface area contributed by atoms with Gasteiger partial charge in [0, 0.05) is 24.0 Å². The largest absolute Gasteiger partial charge is 0.421 e. The summed E-state index contributed by atoms with van der Waals surface area (Å²) in [5, 5.41) is 0. The van der Waals surface area contributed by atoms with Crippen molar-refractivity contribution in [3.8, 4) is 11.8 Å². The lowest BCUT2D eigenvalue weighted by Crippen LogP contribution is -2.03.